The minimum Gasteiger partial charge on any atom is -0.486 e. The maximum absolute atomic E-state index is 12.5. The highest BCUT2D eigenvalue weighted by molar-refractivity contribution is 6.04. The van der Waals surface area contributed by atoms with E-state index in [1.54, 1.807) is 0 Å². The number of ether oxygens (including phenoxy) is 2. The average molecular weight is 434 g/mol. The third kappa shape index (κ3) is 3.57. The molecule has 1 amide bonds. The molecule has 0 spiro atoms. The molecule has 2 aliphatic heterocycles. The summed E-state index contributed by atoms with van der Waals surface area (Å²) in [4.78, 5) is 26.9. The second-order valence-electron chi connectivity index (χ2n) is 8.34. The molecule has 32 heavy (non-hydrogen) atoms. The van der Waals surface area contributed by atoms with Crippen LogP contribution in [0.2, 0.25) is 0 Å². The van der Waals surface area contributed by atoms with Gasteiger partial charge in [0.05, 0.1) is 30.8 Å². The number of hydrogen-bond donors (Lipinski definition) is 1. The fourth-order valence-electron chi connectivity index (χ4n) is 4.82. The van der Waals surface area contributed by atoms with Crippen LogP contribution < -0.4 is 15.0 Å². The van der Waals surface area contributed by atoms with Crippen molar-refractivity contribution in [3.63, 3.8) is 0 Å². The summed E-state index contributed by atoms with van der Waals surface area (Å²) >= 11 is 0. The molecule has 7 nitrogen and oxygen atoms in total. The Kier molecular flexibility index (Phi) is 5.25. The first-order valence-electron chi connectivity index (χ1n) is 11.1. The number of aryl methyl sites for hydroxylation is 1. The molecule has 0 aliphatic carbocycles. The highest BCUT2D eigenvalue weighted by atomic mass is 16.5. The van der Waals surface area contributed by atoms with Crippen molar-refractivity contribution in [2.75, 3.05) is 24.6 Å². The van der Waals surface area contributed by atoms with E-state index in [-0.39, 0.29) is 24.4 Å². The zero-order valence-corrected chi connectivity index (χ0v) is 18.4. The van der Waals surface area contributed by atoms with Gasteiger partial charge >= 0.3 is 5.97 Å². The Morgan fingerprint density at radius 3 is 2.84 bits per heavy atom. The minimum absolute atomic E-state index is 0.0369. The van der Waals surface area contributed by atoms with Gasteiger partial charge in [0, 0.05) is 25.5 Å². The number of aromatic nitrogens is 1. The number of fused-ring (bicyclic) bond motifs is 4. The van der Waals surface area contributed by atoms with Crippen LogP contribution in [0.4, 0.5) is 5.69 Å². The monoisotopic (exact) mass is 433 g/mol. The zero-order chi connectivity index (χ0) is 22.2. The molecule has 5 rings (SSSR count). The van der Waals surface area contributed by atoms with Crippen LogP contribution in [-0.2, 0) is 29.5 Å². The Hall–Kier alpha value is -3.48. The Balaban J connectivity index is 1.58. The Bertz CT molecular complexity index is 1190. The molecule has 0 fully saturated rings. The summed E-state index contributed by atoms with van der Waals surface area (Å²) in [5.41, 5.74) is 4.93. The van der Waals surface area contributed by atoms with Crippen LogP contribution in [-0.4, -0.2) is 42.2 Å². The fraction of sp³-hybridized carbons (Fsp3) is 0.360. The third-order valence-electron chi connectivity index (χ3n) is 6.23. The SMILES string of the molecule is CCOC(=O)C[C@H]1CN(Cc2ccccc2)c2cc3c(cc2O1)c1c(n3C)C(=O)NCC1. The molecule has 0 radical (unpaired) electrons. The van der Waals surface area contributed by atoms with E-state index in [0.717, 1.165) is 34.3 Å². The molecule has 0 unspecified atom stereocenters. The highest BCUT2D eigenvalue weighted by Gasteiger charge is 2.31. The molecular weight excluding hydrogens is 406 g/mol. The van der Waals surface area contributed by atoms with Gasteiger partial charge < -0.3 is 24.3 Å². The minimum atomic E-state index is -0.300. The Morgan fingerprint density at radius 1 is 1.25 bits per heavy atom. The van der Waals surface area contributed by atoms with Gasteiger partial charge in [0.2, 0.25) is 0 Å². The van der Waals surface area contributed by atoms with Crippen molar-refractivity contribution in [3.05, 3.63) is 59.3 Å². The quantitative estimate of drug-likeness (QED) is 0.626. The van der Waals surface area contributed by atoms with Gasteiger partial charge in [-0.25, -0.2) is 0 Å². The summed E-state index contributed by atoms with van der Waals surface area (Å²) in [7, 11) is 1.94. The van der Waals surface area contributed by atoms with Crippen molar-refractivity contribution in [1.29, 1.82) is 0 Å². The van der Waals surface area contributed by atoms with Crippen LogP contribution in [0.5, 0.6) is 5.75 Å². The molecule has 166 valence electrons. The molecule has 0 saturated heterocycles. The van der Waals surface area contributed by atoms with E-state index in [9.17, 15) is 9.59 Å². The summed E-state index contributed by atoms with van der Waals surface area (Å²) in [6, 6.07) is 14.4. The Morgan fingerprint density at radius 2 is 2.06 bits per heavy atom. The molecule has 2 aliphatic rings. The van der Waals surface area contributed by atoms with Gasteiger partial charge in [0.1, 0.15) is 17.5 Å². The fourth-order valence-corrected chi connectivity index (χ4v) is 4.82. The van der Waals surface area contributed by atoms with Crippen molar-refractivity contribution >= 4 is 28.5 Å². The van der Waals surface area contributed by atoms with E-state index in [2.05, 4.69) is 28.4 Å². The summed E-state index contributed by atoms with van der Waals surface area (Å²) in [5, 5.41) is 3.97. The maximum Gasteiger partial charge on any atom is 0.309 e. The van der Waals surface area contributed by atoms with Gasteiger partial charge in [-0.3, -0.25) is 9.59 Å². The van der Waals surface area contributed by atoms with E-state index in [4.69, 9.17) is 9.47 Å². The van der Waals surface area contributed by atoms with Crippen LogP contribution in [0, 0.1) is 0 Å². The number of nitrogens with zero attached hydrogens (tertiary/aromatic N) is 2. The van der Waals surface area contributed by atoms with Crippen molar-refractivity contribution in [1.82, 2.24) is 9.88 Å². The van der Waals surface area contributed by atoms with Crippen LogP contribution in [0.15, 0.2) is 42.5 Å². The smallest absolute Gasteiger partial charge is 0.309 e. The maximum atomic E-state index is 12.5. The zero-order valence-electron chi connectivity index (χ0n) is 18.4. The predicted octanol–water partition coefficient (Wildman–Crippen LogP) is 3.19. The third-order valence-corrected chi connectivity index (χ3v) is 6.23. The van der Waals surface area contributed by atoms with E-state index in [0.29, 0.717) is 31.9 Å². The van der Waals surface area contributed by atoms with Gasteiger partial charge in [-0.2, -0.15) is 0 Å². The van der Waals surface area contributed by atoms with Gasteiger partial charge in [-0.15, -0.1) is 0 Å². The number of anilines is 1. The molecule has 1 aromatic heterocycles. The van der Waals surface area contributed by atoms with Crippen molar-refractivity contribution in [2.45, 2.75) is 32.4 Å². The molecule has 3 heterocycles. The van der Waals surface area contributed by atoms with Crippen molar-refractivity contribution in [3.8, 4) is 5.75 Å². The van der Waals surface area contributed by atoms with Gasteiger partial charge in [-0.1, -0.05) is 30.3 Å². The molecule has 0 bridgehead atoms. The lowest BCUT2D eigenvalue weighted by molar-refractivity contribution is -0.144. The normalized spacial score (nSPS) is 17.4. The largest absolute Gasteiger partial charge is 0.486 e. The topological polar surface area (TPSA) is 72.8 Å². The number of carbonyl (C=O) groups excluding carboxylic acids is 2. The summed E-state index contributed by atoms with van der Waals surface area (Å²) in [5.74, 6) is 0.453. The number of esters is 1. The first-order chi connectivity index (χ1) is 15.5. The summed E-state index contributed by atoms with van der Waals surface area (Å²) in [6.07, 6.45) is 0.689. The number of nitrogens with one attached hydrogen (secondary N) is 1. The summed E-state index contributed by atoms with van der Waals surface area (Å²) < 4.78 is 13.4. The molecule has 0 saturated carbocycles. The number of rotatable bonds is 5. The first-order valence-corrected chi connectivity index (χ1v) is 11.1. The first kappa shape index (κ1) is 20.4. The van der Waals surface area contributed by atoms with E-state index in [1.165, 1.54) is 5.56 Å². The predicted molar refractivity (Wildman–Crippen MR) is 122 cm³/mol. The number of amides is 1. The second kappa shape index (κ2) is 8.22. The van der Waals surface area contributed by atoms with E-state index in [1.807, 2.05) is 42.8 Å². The number of benzene rings is 2. The number of hydrogen-bond acceptors (Lipinski definition) is 5. The highest BCUT2D eigenvalue weighted by Crippen LogP contribution is 2.41. The molecule has 3 aromatic rings. The van der Waals surface area contributed by atoms with Crippen LogP contribution in [0.25, 0.3) is 10.9 Å². The molecular formula is C25H27N3O4. The summed E-state index contributed by atoms with van der Waals surface area (Å²) in [6.45, 7) is 4.08. The lowest BCUT2D eigenvalue weighted by Gasteiger charge is -2.36. The van der Waals surface area contributed by atoms with Crippen molar-refractivity contribution < 1.29 is 19.1 Å². The lowest BCUT2D eigenvalue weighted by Crippen LogP contribution is -2.41. The van der Waals surface area contributed by atoms with E-state index >= 15 is 0 Å². The molecule has 1 atom stereocenters. The van der Waals surface area contributed by atoms with Crippen molar-refractivity contribution in [2.24, 2.45) is 7.05 Å². The molecule has 2 aromatic carbocycles. The molecule has 1 N–H and O–H groups in total. The second-order valence-corrected chi connectivity index (χ2v) is 8.34. The Labute approximate surface area is 186 Å². The average Bonchev–Trinajstić information content (AvgIpc) is 3.06. The lowest BCUT2D eigenvalue weighted by atomic mass is 10.0. The van der Waals surface area contributed by atoms with Crippen LogP contribution in [0.1, 0.15) is 35.0 Å². The van der Waals surface area contributed by atoms with Gasteiger partial charge in [0.15, 0.2) is 0 Å². The standard InChI is InChI=1S/C25H27N3O4/c1-3-31-23(29)11-17-15-28(14-16-7-5-4-6-8-16)21-13-20-19(12-22(21)32-17)18-9-10-26-25(30)24(18)27(20)2/h4-8,12-13,17H,3,9-11,14-15H2,1-2H3,(H,26,30)/t17-/m0/s1. The molecule has 7 heteroatoms. The number of carbonyl (C=O) groups is 2. The van der Waals surface area contributed by atoms with Crippen LogP contribution in [0.3, 0.4) is 0 Å². The van der Waals surface area contributed by atoms with Gasteiger partial charge in [0.25, 0.3) is 5.91 Å². The van der Waals surface area contributed by atoms with Crippen LogP contribution >= 0.6 is 0 Å². The van der Waals surface area contributed by atoms with E-state index < -0.39 is 0 Å². The van der Waals surface area contributed by atoms with Gasteiger partial charge in [-0.05, 0) is 36.6 Å².